The number of ether oxygens (including phenoxy) is 1. The molecule has 0 bridgehead atoms. The monoisotopic (exact) mass is 264 g/mol. The number of nitrogen functional groups attached to an aromatic ring is 1. The highest BCUT2D eigenvalue weighted by molar-refractivity contribution is 5.52. The number of pyridine rings is 1. The van der Waals surface area contributed by atoms with E-state index in [0.717, 1.165) is 11.5 Å². The fraction of sp³-hybridized carbons (Fsp3) is 0.200. The number of allylic oxidation sites excluding steroid dienone is 5. The van der Waals surface area contributed by atoms with E-state index < -0.39 is 0 Å². The molecule has 3 unspecified atom stereocenters. The van der Waals surface area contributed by atoms with Crippen LogP contribution in [0.3, 0.4) is 0 Å². The second-order valence-electron chi connectivity index (χ2n) is 5.14. The van der Waals surface area contributed by atoms with Crippen LogP contribution in [0.1, 0.15) is 0 Å². The first-order chi connectivity index (χ1) is 9.78. The van der Waals surface area contributed by atoms with Gasteiger partial charge >= 0.3 is 0 Å². The molecule has 1 aliphatic heterocycles. The maximum absolute atomic E-state index is 9.33. The molecule has 3 N–H and O–H groups in total. The van der Waals surface area contributed by atoms with E-state index in [0.29, 0.717) is 29.0 Å². The number of rotatable bonds is 2. The SMILES string of the molecule is N#CC1=C(Oc2ccnc(N)c2)C2C3C=CNC(=C1)C32. The van der Waals surface area contributed by atoms with Crippen LogP contribution in [0.4, 0.5) is 5.82 Å². The van der Waals surface area contributed by atoms with Crippen molar-refractivity contribution in [2.24, 2.45) is 17.8 Å². The van der Waals surface area contributed by atoms with E-state index >= 15 is 0 Å². The Morgan fingerprint density at radius 2 is 2.30 bits per heavy atom. The van der Waals surface area contributed by atoms with Crippen LogP contribution in [-0.2, 0) is 0 Å². The third-order valence-corrected chi connectivity index (χ3v) is 3.97. The van der Waals surface area contributed by atoms with Gasteiger partial charge in [-0.2, -0.15) is 5.26 Å². The van der Waals surface area contributed by atoms with Gasteiger partial charge in [0.25, 0.3) is 0 Å². The average Bonchev–Trinajstić information content (AvgIpc) is 3.18. The van der Waals surface area contributed by atoms with Gasteiger partial charge in [-0.05, 0) is 24.3 Å². The number of hydrogen-bond acceptors (Lipinski definition) is 5. The molecule has 20 heavy (non-hydrogen) atoms. The standard InChI is InChI=1S/C15H12N4O/c16-7-8-5-11-13-10(2-4-18-11)14(13)15(8)20-9-1-3-19-12(17)6-9/h1-6,10,13-14,18H,(H2,17,19). The van der Waals surface area contributed by atoms with Gasteiger partial charge in [0.1, 0.15) is 23.4 Å². The minimum Gasteiger partial charge on any atom is -0.460 e. The fourth-order valence-electron chi connectivity index (χ4n) is 3.04. The third kappa shape index (κ3) is 1.51. The highest BCUT2D eigenvalue weighted by Gasteiger charge is 2.57. The molecule has 0 amide bonds. The van der Waals surface area contributed by atoms with Crippen LogP contribution in [0.25, 0.3) is 0 Å². The maximum atomic E-state index is 9.33. The third-order valence-electron chi connectivity index (χ3n) is 3.97. The smallest absolute Gasteiger partial charge is 0.132 e. The molecule has 2 aliphatic carbocycles. The lowest BCUT2D eigenvalue weighted by Gasteiger charge is -2.17. The molecule has 1 aromatic heterocycles. The van der Waals surface area contributed by atoms with Crippen molar-refractivity contribution in [2.45, 2.75) is 0 Å². The zero-order valence-corrected chi connectivity index (χ0v) is 10.6. The number of nitrogens with one attached hydrogen (secondary N) is 1. The van der Waals surface area contributed by atoms with Crippen LogP contribution in [0.2, 0.25) is 0 Å². The van der Waals surface area contributed by atoms with Gasteiger partial charge in [-0.15, -0.1) is 0 Å². The molecule has 0 radical (unpaired) electrons. The van der Waals surface area contributed by atoms with E-state index in [1.54, 1.807) is 18.3 Å². The molecule has 1 fully saturated rings. The van der Waals surface area contributed by atoms with Crippen LogP contribution < -0.4 is 15.8 Å². The summed E-state index contributed by atoms with van der Waals surface area (Å²) in [6, 6.07) is 5.64. The summed E-state index contributed by atoms with van der Waals surface area (Å²) in [5.74, 6) is 2.88. The highest BCUT2D eigenvalue weighted by Crippen LogP contribution is 2.59. The molecule has 3 atom stereocenters. The molecular weight excluding hydrogens is 252 g/mol. The molecule has 3 aliphatic rings. The topological polar surface area (TPSA) is 84.0 Å². The molecule has 98 valence electrons. The molecule has 5 nitrogen and oxygen atoms in total. The Labute approximate surface area is 116 Å². The van der Waals surface area contributed by atoms with Crippen LogP contribution in [-0.4, -0.2) is 4.98 Å². The lowest BCUT2D eigenvalue weighted by atomic mass is 10.0. The largest absolute Gasteiger partial charge is 0.460 e. The molecule has 0 aromatic carbocycles. The van der Waals surface area contributed by atoms with E-state index in [9.17, 15) is 5.26 Å². The first kappa shape index (κ1) is 11.1. The van der Waals surface area contributed by atoms with Gasteiger partial charge in [0.05, 0.1) is 5.57 Å². The summed E-state index contributed by atoms with van der Waals surface area (Å²) in [6.45, 7) is 0. The minimum absolute atomic E-state index is 0.255. The molecule has 0 saturated heterocycles. The Morgan fingerprint density at radius 1 is 1.40 bits per heavy atom. The second-order valence-corrected chi connectivity index (χ2v) is 5.14. The number of hydrogen-bond donors (Lipinski definition) is 2. The van der Waals surface area contributed by atoms with E-state index in [1.807, 2.05) is 12.3 Å². The first-order valence-electron chi connectivity index (χ1n) is 6.46. The first-order valence-corrected chi connectivity index (χ1v) is 6.46. The normalized spacial score (nSPS) is 28.9. The van der Waals surface area contributed by atoms with Crippen molar-refractivity contribution in [2.75, 3.05) is 5.73 Å². The number of nitriles is 1. The molecule has 1 saturated carbocycles. The van der Waals surface area contributed by atoms with Crippen LogP contribution in [0.15, 0.2) is 53.7 Å². The Morgan fingerprint density at radius 3 is 3.10 bits per heavy atom. The van der Waals surface area contributed by atoms with Gasteiger partial charge in [-0.25, -0.2) is 4.98 Å². The van der Waals surface area contributed by atoms with E-state index in [2.05, 4.69) is 22.4 Å². The average molecular weight is 264 g/mol. The van der Waals surface area contributed by atoms with Crippen LogP contribution in [0.5, 0.6) is 5.75 Å². The van der Waals surface area contributed by atoms with Gasteiger partial charge in [-0.3, -0.25) is 0 Å². The van der Waals surface area contributed by atoms with Gasteiger partial charge in [-0.1, -0.05) is 6.08 Å². The van der Waals surface area contributed by atoms with Crippen molar-refractivity contribution in [1.29, 1.82) is 5.26 Å². The fourth-order valence-corrected chi connectivity index (χ4v) is 3.04. The lowest BCUT2D eigenvalue weighted by molar-refractivity contribution is 0.381. The summed E-state index contributed by atoms with van der Waals surface area (Å²) in [5, 5.41) is 12.5. The highest BCUT2D eigenvalue weighted by atomic mass is 16.5. The Bertz CT molecular complexity index is 726. The van der Waals surface area contributed by atoms with Crippen LogP contribution in [0, 0.1) is 29.1 Å². The zero-order chi connectivity index (χ0) is 13.7. The summed E-state index contributed by atoms with van der Waals surface area (Å²) < 4.78 is 5.93. The number of nitrogens with two attached hydrogens (primary N) is 1. The molecule has 5 heteroatoms. The number of anilines is 1. The van der Waals surface area contributed by atoms with Crippen molar-refractivity contribution in [1.82, 2.24) is 10.3 Å². The second kappa shape index (κ2) is 3.87. The van der Waals surface area contributed by atoms with Crippen molar-refractivity contribution in [3.05, 3.63) is 53.7 Å². The summed E-state index contributed by atoms with van der Waals surface area (Å²) >= 11 is 0. The summed E-state index contributed by atoms with van der Waals surface area (Å²) in [6.07, 6.45) is 7.56. The quantitative estimate of drug-likeness (QED) is 0.849. The number of nitrogens with zero attached hydrogens (tertiary/aromatic N) is 2. The number of fused-ring (bicyclic) bond motifs is 1. The van der Waals surface area contributed by atoms with E-state index in [-0.39, 0.29) is 5.92 Å². The number of aromatic nitrogens is 1. The van der Waals surface area contributed by atoms with Crippen molar-refractivity contribution in [3.63, 3.8) is 0 Å². The summed E-state index contributed by atoms with van der Waals surface area (Å²) in [4.78, 5) is 3.94. The Balaban J connectivity index is 1.73. The minimum atomic E-state index is 0.255. The van der Waals surface area contributed by atoms with Crippen molar-refractivity contribution < 1.29 is 4.74 Å². The molecule has 2 heterocycles. The molecule has 0 spiro atoms. The zero-order valence-electron chi connectivity index (χ0n) is 10.6. The van der Waals surface area contributed by atoms with Gasteiger partial charge in [0.15, 0.2) is 0 Å². The van der Waals surface area contributed by atoms with E-state index in [1.165, 1.54) is 0 Å². The van der Waals surface area contributed by atoms with Gasteiger partial charge in [0.2, 0.25) is 0 Å². The Hall–Kier alpha value is -2.74. The van der Waals surface area contributed by atoms with Crippen molar-refractivity contribution in [3.8, 4) is 11.8 Å². The van der Waals surface area contributed by atoms with E-state index in [4.69, 9.17) is 10.5 Å². The Kier molecular flexibility index (Phi) is 2.15. The maximum Gasteiger partial charge on any atom is 0.132 e. The van der Waals surface area contributed by atoms with Crippen molar-refractivity contribution >= 4 is 5.82 Å². The van der Waals surface area contributed by atoms with Gasteiger partial charge in [0, 0.05) is 29.8 Å². The van der Waals surface area contributed by atoms with Gasteiger partial charge < -0.3 is 15.8 Å². The molecule has 1 aromatic rings. The summed E-state index contributed by atoms with van der Waals surface area (Å²) in [5.41, 5.74) is 7.35. The molecular formula is C15H12N4O. The van der Waals surface area contributed by atoms with Crippen LogP contribution >= 0.6 is 0 Å². The molecule has 4 rings (SSSR count). The summed E-state index contributed by atoms with van der Waals surface area (Å²) in [7, 11) is 0. The predicted octanol–water partition coefficient (Wildman–Crippen LogP) is 1.70. The predicted molar refractivity (Wildman–Crippen MR) is 72.7 cm³/mol. The lowest BCUT2D eigenvalue weighted by Crippen LogP contribution is -2.15.